The number of benzene rings is 1. The molecule has 0 aromatic heterocycles. The molecule has 0 saturated carbocycles. The first-order valence-electron chi connectivity index (χ1n) is 3.02. The molecule has 2 nitrogen and oxygen atoms in total. The largest absolute Gasteiger partial charge is 0.397 e. The topological polar surface area (TPSA) is 16.4 Å². The number of hydrogen-bond acceptors (Lipinski definition) is 1. The van der Waals surface area contributed by atoms with Crippen molar-refractivity contribution in [1.82, 2.24) is 0 Å². The van der Waals surface area contributed by atoms with Crippen LogP contribution in [0.25, 0.3) is 4.85 Å². The van der Waals surface area contributed by atoms with Crippen molar-refractivity contribution in [3.05, 3.63) is 35.7 Å². The maximum atomic E-state index is 6.77. The molecular formula is C8H8N2. The molecule has 0 radical (unpaired) electrons. The van der Waals surface area contributed by atoms with E-state index in [9.17, 15) is 0 Å². The second-order valence-electron chi connectivity index (χ2n) is 1.88. The van der Waals surface area contributed by atoms with Crippen molar-refractivity contribution in [2.45, 2.75) is 0 Å². The summed E-state index contributed by atoms with van der Waals surface area (Å²) in [4.78, 5) is 3.33. The standard InChI is InChI=1S/C8H8N2/c1-9-7-5-3-4-6-8(7)10-2/h3-6,9H,1H3. The van der Waals surface area contributed by atoms with Crippen LogP contribution in [0.1, 0.15) is 0 Å². The fraction of sp³-hybridized carbons (Fsp3) is 0.125. The van der Waals surface area contributed by atoms with Gasteiger partial charge in [0.15, 0.2) is 0 Å². The van der Waals surface area contributed by atoms with Crippen LogP contribution < -0.4 is 5.32 Å². The average molecular weight is 132 g/mol. The molecular weight excluding hydrogens is 124 g/mol. The highest BCUT2D eigenvalue weighted by Crippen LogP contribution is 2.22. The molecule has 0 amide bonds. The Balaban J connectivity index is 3.12. The highest BCUT2D eigenvalue weighted by Gasteiger charge is 1.94. The van der Waals surface area contributed by atoms with Gasteiger partial charge in [-0.2, -0.15) is 0 Å². The minimum Gasteiger partial charge on any atom is -0.397 e. The van der Waals surface area contributed by atoms with Crippen molar-refractivity contribution in [3.63, 3.8) is 0 Å². The number of para-hydroxylation sites is 2. The van der Waals surface area contributed by atoms with Gasteiger partial charge in [-0.05, 0) is 0 Å². The molecule has 0 fully saturated rings. The van der Waals surface area contributed by atoms with E-state index in [0.29, 0.717) is 5.69 Å². The molecule has 1 aromatic rings. The number of hydrogen-bond donors (Lipinski definition) is 1. The summed E-state index contributed by atoms with van der Waals surface area (Å²) in [6.45, 7) is 6.77. The summed E-state index contributed by atoms with van der Waals surface area (Å²) < 4.78 is 0. The zero-order valence-electron chi connectivity index (χ0n) is 5.76. The van der Waals surface area contributed by atoms with E-state index in [1.165, 1.54) is 0 Å². The Hall–Kier alpha value is -1.49. The monoisotopic (exact) mass is 132 g/mol. The molecule has 0 bridgehead atoms. The van der Waals surface area contributed by atoms with Gasteiger partial charge in [0.25, 0.3) is 0 Å². The van der Waals surface area contributed by atoms with E-state index in [0.717, 1.165) is 5.69 Å². The summed E-state index contributed by atoms with van der Waals surface area (Å²) in [6, 6.07) is 7.43. The van der Waals surface area contributed by atoms with Crippen molar-refractivity contribution in [1.29, 1.82) is 0 Å². The van der Waals surface area contributed by atoms with E-state index in [1.807, 2.05) is 25.2 Å². The summed E-state index contributed by atoms with van der Waals surface area (Å²) in [7, 11) is 1.81. The minimum absolute atomic E-state index is 0.671. The molecule has 2 heteroatoms. The summed E-state index contributed by atoms with van der Waals surface area (Å²) >= 11 is 0. The summed E-state index contributed by atoms with van der Waals surface area (Å²) in [6.07, 6.45) is 0. The van der Waals surface area contributed by atoms with Crippen LogP contribution in [0.15, 0.2) is 24.3 Å². The predicted octanol–water partition coefficient (Wildman–Crippen LogP) is 2.28. The summed E-state index contributed by atoms with van der Waals surface area (Å²) in [5.74, 6) is 0. The summed E-state index contributed by atoms with van der Waals surface area (Å²) in [5, 5.41) is 2.93. The van der Waals surface area contributed by atoms with E-state index < -0.39 is 0 Å². The second kappa shape index (κ2) is 2.88. The first-order chi connectivity index (χ1) is 4.88. The smallest absolute Gasteiger partial charge is 0.209 e. The van der Waals surface area contributed by atoms with Gasteiger partial charge in [-0.3, -0.25) is 0 Å². The van der Waals surface area contributed by atoms with E-state index in [4.69, 9.17) is 6.57 Å². The molecule has 1 N–H and O–H groups in total. The number of nitrogens with one attached hydrogen (secondary N) is 1. The van der Waals surface area contributed by atoms with Gasteiger partial charge in [-0.1, -0.05) is 24.3 Å². The van der Waals surface area contributed by atoms with E-state index in [2.05, 4.69) is 10.2 Å². The second-order valence-corrected chi connectivity index (χ2v) is 1.88. The van der Waals surface area contributed by atoms with Crippen LogP contribution in [0.2, 0.25) is 0 Å². The lowest BCUT2D eigenvalue weighted by atomic mass is 10.3. The molecule has 0 aliphatic carbocycles. The van der Waals surface area contributed by atoms with Crippen LogP contribution in [0.5, 0.6) is 0 Å². The lowest BCUT2D eigenvalue weighted by molar-refractivity contribution is 1.52. The van der Waals surface area contributed by atoms with Crippen LogP contribution in [-0.2, 0) is 0 Å². The van der Waals surface area contributed by atoms with Gasteiger partial charge in [0.05, 0.1) is 6.57 Å². The first kappa shape index (κ1) is 6.63. The maximum Gasteiger partial charge on any atom is 0.209 e. The fourth-order valence-electron chi connectivity index (χ4n) is 0.783. The van der Waals surface area contributed by atoms with Crippen molar-refractivity contribution >= 4 is 11.4 Å². The van der Waals surface area contributed by atoms with Crippen molar-refractivity contribution in [2.75, 3.05) is 12.4 Å². The van der Waals surface area contributed by atoms with Gasteiger partial charge >= 0.3 is 0 Å². The van der Waals surface area contributed by atoms with Crippen molar-refractivity contribution in [3.8, 4) is 0 Å². The molecule has 50 valence electrons. The number of anilines is 1. The van der Waals surface area contributed by atoms with Crippen molar-refractivity contribution in [2.24, 2.45) is 0 Å². The highest BCUT2D eigenvalue weighted by molar-refractivity contribution is 5.68. The van der Waals surface area contributed by atoms with Crippen LogP contribution in [0, 0.1) is 6.57 Å². The predicted molar refractivity (Wildman–Crippen MR) is 42.3 cm³/mol. The molecule has 1 aromatic carbocycles. The van der Waals surface area contributed by atoms with Gasteiger partial charge in [-0.15, -0.1) is 0 Å². The van der Waals surface area contributed by atoms with Gasteiger partial charge in [-0.25, -0.2) is 4.85 Å². The molecule has 1 rings (SSSR count). The van der Waals surface area contributed by atoms with Gasteiger partial charge in [0.2, 0.25) is 5.69 Å². The molecule has 0 saturated heterocycles. The molecule has 0 heterocycles. The Morgan fingerprint density at radius 3 is 2.60 bits per heavy atom. The van der Waals surface area contributed by atoms with Crippen LogP contribution in [0.3, 0.4) is 0 Å². The summed E-state index contributed by atoms with van der Waals surface area (Å²) in [5.41, 5.74) is 1.56. The van der Waals surface area contributed by atoms with Gasteiger partial charge in [0, 0.05) is 12.7 Å². The number of rotatable bonds is 1. The van der Waals surface area contributed by atoms with Crippen LogP contribution in [-0.4, -0.2) is 7.05 Å². The average Bonchev–Trinajstić information content (AvgIpc) is 2.04. The quantitative estimate of drug-likeness (QED) is 0.580. The molecule has 0 spiro atoms. The Morgan fingerprint density at radius 1 is 1.40 bits per heavy atom. The Kier molecular flexibility index (Phi) is 1.91. The molecule has 10 heavy (non-hydrogen) atoms. The van der Waals surface area contributed by atoms with E-state index in [1.54, 1.807) is 6.07 Å². The SMILES string of the molecule is [C-]#[N+]c1ccccc1NC. The molecule has 0 aliphatic heterocycles. The molecule has 0 unspecified atom stereocenters. The van der Waals surface area contributed by atoms with E-state index in [-0.39, 0.29) is 0 Å². The third-order valence-corrected chi connectivity index (χ3v) is 1.29. The minimum atomic E-state index is 0.671. The Labute approximate surface area is 60.3 Å². The lowest BCUT2D eigenvalue weighted by Gasteiger charge is -1.99. The third kappa shape index (κ3) is 1.08. The van der Waals surface area contributed by atoms with Crippen LogP contribution in [0.4, 0.5) is 11.4 Å². The maximum absolute atomic E-state index is 6.77. The van der Waals surface area contributed by atoms with E-state index >= 15 is 0 Å². The Morgan fingerprint density at radius 2 is 2.10 bits per heavy atom. The Bertz CT molecular complexity index is 260. The number of nitrogens with zero attached hydrogens (tertiary/aromatic N) is 1. The van der Waals surface area contributed by atoms with Crippen molar-refractivity contribution < 1.29 is 0 Å². The van der Waals surface area contributed by atoms with Crippen LogP contribution >= 0.6 is 0 Å². The normalized spacial score (nSPS) is 8.40. The fourth-order valence-corrected chi connectivity index (χ4v) is 0.783. The zero-order chi connectivity index (χ0) is 7.40. The molecule has 0 atom stereocenters. The zero-order valence-corrected chi connectivity index (χ0v) is 5.76. The van der Waals surface area contributed by atoms with Gasteiger partial charge < -0.3 is 5.32 Å². The first-order valence-corrected chi connectivity index (χ1v) is 3.02. The highest BCUT2D eigenvalue weighted by atomic mass is 14.9. The molecule has 0 aliphatic rings. The lowest BCUT2D eigenvalue weighted by Crippen LogP contribution is -1.85. The van der Waals surface area contributed by atoms with Gasteiger partial charge in [0.1, 0.15) is 0 Å². The third-order valence-electron chi connectivity index (χ3n) is 1.29.